The van der Waals surface area contributed by atoms with E-state index in [0.717, 1.165) is 5.56 Å². The van der Waals surface area contributed by atoms with Gasteiger partial charge in [0.2, 0.25) is 0 Å². The fourth-order valence-corrected chi connectivity index (χ4v) is 0.933. The average Bonchev–Trinajstić information content (AvgIpc) is 2.06. The third-order valence-electron chi connectivity index (χ3n) is 1.64. The lowest BCUT2D eigenvalue weighted by Crippen LogP contribution is -1.98. The molecule has 2 nitrogen and oxygen atoms in total. The third kappa shape index (κ3) is 2.02. The second-order valence-corrected chi connectivity index (χ2v) is 2.66. The summed E-state index contributed by atoms with van der Waals surface area (Å²) in [5.74, 6) is -0.120. The van der Waals surface area contributed by atoms with Gasteiger partial charge in [0.15, 0.2) is 5.78 Å². The number of carbonyl (C=O) groups is 2. The van der Waals surface area contributed by atoms with Crippen molar-refractivity contribution in [2.75, 3.05) is 0 Å². The second kappa shape index (κ2) is 3.81. The minimum Gasteiger partial charge on any atom is -0.303 e. The molecular weight excluding hydrogens is 152 g/mol. The van der Waals surface area contributed by atoms with Gasteiger partial charge in [-0.05, 0) is 6.92 Å². The highest BCUT2D eigenvalue weighted by Gasteiger charge is 2.02. The van der Waals surface area contributed by atoms with Gasteiger partial charge in [-0.1, -0.05) is 29.8 Å². The Morgan fingerprint density at radius 2 is 1.92 bits per heavy atom. The first-order valence-electron chi connectivity index (χ1n) is 3.77. The molecule has 2 heteroatoms. The lowest BCUT2D eigenvalue weighted by molar-refractivity contribution is -0.107. The van der Waals surface area contributed by atoms with Gasteiger partial charge in [0.1, 0.15) is 6.29 Å². The van der Waals surface area contributed by atoms with Gasteiger partial charge >= 0.3 is 0 Å². The van der Waals surface area contributed by atoms with Crippen LogP contribution in [0.3, 0.4) is 0 Å². The molecule has 0 amide bonds. The molecule has 0 aliphatic carbocycles. The van der Waals surface area contributed by atoms with Crippen LogP contribution in [0.2, 0.25) is 0 Å². The van der Waals surface area contributed by atoms with E-state index in [1.165, 1.54) is 0 Å². The summed E-state index contributed by atoms with van der Waals surface area (Å²) >= 11 is 0. The van der Waals surface area contributed by atoms with Crippen molar-refractivity contribution < 1.29 is 9.59 Å². The number of aldehydes is 1. The molecule has 0 saturated heterocycles. The van der Waals surface area contributed by atoms with Crippen LogP contribution in [0.25, 0.3) is 0 Å². The molecular formula is C10H10O2. The van der Waals surface area contributed by atoms with Crippen LogP contribution in [0.5, 0.6) is 0 Å². The first-order valence-corrected chi connectivity index (χ1v) is 3.77. The summed E-state index contributed by atoms with van der Waals surface area (Å²) in [4.78, 5) is 21.2. The number of carbonyl (C=O) groups excluding carboxylic acids is 2. The number of ketones is 1. The molecule has 0 atom stereocenters. The van der Waals surface area contributed by atoms with Crippen molar-refractivity contribution >= 4 is 12.1 Å². The largest absolute Gasteiger partial charge is 0.303 e. The van der Waals surface area contributed by atoms with E-state index in [-0.39, 0.29) is 12.2 Å². The number of rotatable bonds is 3. The van der Waals surface area contributed by atoms with Crippen molar-refractivity contribution in [1.29, 1.82) is 0 Å². The van der Waals surface area contributed by atoms with E-state index in [2.05, 4.69) is 0 Å². The zero-order valence-corrected chi connectivity index (χ0v) is 6.91. The van der Waals surface area contributed by atoms with Gasteiger partial charge in [0.25, 0.3) is 0 Å². The predicted molar refractivity (Wildman–Crippen MR) is 46.2 cm³/mol. The molecule has 1 aromatic rings. The van der Waals surface area contributed by atoms with E-state index in [0.29, 0.717) is 11.8 Å². The van der Waals surface area contributed by atoms with Crippen LogP contribution in [0, 0.1) is 6.92 Å². The fourth-order valence-electron chi connectivity index (χ4n) is 0.933. The Bertz CT molecular complexity index is 285. The standard InChI is InChI=1S/C10H10O2/c1-8-2-4-9(5-3-8)10(12)6-7-11/h2-5,7H,6H2,1H3. The molecule has 0 aliphatic heterocycles. The maximum atomic E-state index is 11.1. The third-order valence-corrected chi connectivity index (χ3v) is 1.64. The SMILES string of the molecule is Cc1ccc(C(=O)CC=O)cc1. The van der Waals surface area contributed by atoms with Crippen LogP contribution in [0.1, 0.15) is 22.3 Å². The van der Waals surface area contributed by atoms with Crippen LogP contribution >= 0.6 is 0 Å². The van der Waals surface area contributed by atoms with Crippen LogP contribution < -0.4 is 0 Å². The van der Waals surface area contributed by atoms with Crippen LogP contribution in [0.4, 0.5) is 0 Å². The van der Waals surface area contributed by atoms with Crippen molar-refractivity contribution in [1.82, 2.24) is 0 Å². The molecule has 0 unspecified atom stereocenters. The van der Waals surface area contributed by atoms with Crippen molar-refractivity contribution in [3.05, 3.63) is 35.4 Å². The van der Waals surface area contributed by atoms with Gasteiger partial charge in [-0.3, -0.25) is 4.79 Å². The summed E-state index contributed by atoms with van der Waals surface area (Å²) in [6.45, 7) is 1.95. The zero-order chi connectivity index (χ0) is 8.97. The van der Waals surface area contributed by atoms with Crippen molar-refractivity contribution in [2.24, 2.45) is 0 Å². The van der Waals surface area contributed by atoms with Gasteiger partial charge in [0, 0.05) is 5.56 Å². The zero-order valence-electron chi connectivity index (χ0n) is 6.91. The Kier molecular flexibility index (Phi) is 2.75. The summed E-state index contributed by atoms with van der Waals surface area (Å²) in [6, 6.07) is 7.19. The molecule has 0 aromatic heterocycles. The number of hydrogen-bond donors (Lipinski definition) is 0. The molecule has 0 saturated carbocycles. The van der Waals surface area contributed by atoms with E-state index in [9.17, 15) is 9.59 Å². The molecule has 0 aliphatic rings. The van der Waals surface area contributed by atoms with E-state index < -0.39 is 0 Å². The Balaban J connectivity index is 2.82. The van der Waals surface area contributed by atoms with Gasteiger partial charge in [-0.15, -0.1) is 0 Å². The molecule has 0 N–H and O–H groups in total. The monoisotopic (exact) mass is 162 g/mol. The molecule has 0 heterocycles. The minimum atomic E-state index is -0.120. The topological polar surface area (TPSA) is 34.1 Å². The number of hydrogen-bond acceptors (Lipinski definition) is 2. The molecule has 0 spiro atoms. The van der Waals surface area contributed by atoms with Gasteiger partial charge in [-0.2, -0.15) is 0 Å². The Hall–Kier alpha value is -1.44. The summed E-state index contributed by atoms with van der Waals surface area (Å²) in [7, 11) is 0. The van der Waals surface area contributed by atoms with E-state index in [4.69, 9.17) is 0 Å². The lowest BCUT2D eigenvalue weighted by atomic mass is 10.1. The highest BCUT2D eigenvalue weighted by atomic mass is 16.1. The van der Waals surface area contributed by atoms with Crippen molar-refractivity contribution in [3.8, 4) is 0 Å². The highest BCUT2D eigenvalue weighted by molar-refractivity contribution is 6.02. The van der Waals surface area contributed by atoms with Crippen LogP contribution in [-0.4, -0.2) is 12.1 Å². The van der Waals surface area contributed by atoms with E-state index >= 15 is 0 Å². The number of Topliss-reactive ketones (excluding diaryl/α,β-unsaturated/α-hetero) is 1. The van der Waals surface area contributed by atoms with E-state index in [1.807, 2.05) is 19.1 Å². The maximum absolute atomic E-state index is 11.1. The normalized spacial score (nSPS) is 9.42. The first-order chi connectivity index (χ1) is 5.74. The molecule has 12 heavy (non-hydrogen) atoms. The van der Waals surface area contributed by atoms with E-state index in [1.54, 1.807) is 12.1 Å². The maximum Gasteiger partial charge on any atom is 0.169 e. The summed E-state index contributed by atoms with van der Waals surface area (Å²) in [6.07, 6.45) is 0.602. The summed E-state index contributed by atoms with van der Waals surface area (Å²) in [5, 5.41) is 0. The second-order valence-electron chi connectivity index (χ2n) is 2.66. The predicted octanol–water partition coefficient (Wildman–Crippen LogP) is 1.77. The Morgan fingerprint density at radius 3 is 2.42 bits per heavy atom. The fraction of sp³-hybridized carbons (Fsp3) is 0.200. The highest BCUT2D eigenvalue weighted by Crippen LogP contribution is 2.04. The number of aryl methyl sites for hydroxylation is 1. The van der Waals surface area contributed by atoms with Crippen molar-refractivity contribution in [3.63, 3.8) is 0 Å². The van der Waals surface area contributed by atoms with Crippen molar-refractivity contribution in [2.45, 2.75) is 13.3 Å². The number of benzene rings is 1. The summed E-state index contributed by atoms with van der Waals surface area (Å²) in [5.41, 5.74) is 1.71. The molecule has 1 rings (SSSR count). The minimum absolute atomic E-state index is 0.0247. The molecule has 0 fully saturated rings. The summed E-state index contributed by atoms with van der Waals surface area (Å²) < 4.78 is 0. The average molecular weight is 162 g/mol. The van der Waals surface area contributed by atoms with Gasteiger partial charge in [0.05, 0.1) is 6.42 Å². The molecule has 0 bridgehead atoms. The van der Waals surface area contributed by atoms with Gasteiger partial charge < -0.3 is 4.79 Å². The van der Waals surface area contributed by atoms with Crippen LogP contribution in [-0.2, 0) is 4.79 Å². The quantitative estimate of drug-likeness (QED) is 0.385. The molecule has 62 valence electrons. The van der Waals surface area contributed by atoms with Gasteiger partial charge in [-0.25, -0.2) is 0 Å². The lowest BCUT2D eigenvalue weighted by Gasteiger charge is -1.96. The Labute approximate surface area is 71.2 Å². The molecule has 1 aromatic carbocycles. The smallest absolute Gasteiger partial charge is 0.169 e. The Morgan fingerprint density at radius 1 is 1.33 bits per heavy atom. The first kappa shape index (κ1) is 8.65. The molecule has 0 radical (unpaired) electrons. The van der Waals surface area contributed by atoms with Crippen LogP contribution in [0.15, 0.2) is 24.3 Å².